The van der Waals surface area contributed by atoms with Crippen LogP contribution in [0.4, 0.5) is 13.2 Å². The summed E-state index contributed by atoms with van der Waals surface area (Å²) in [5, 5.41) is 1.02. The van der Waals surface area contributed by atoms with Gasteiger partial charge in [0.2, 0.25) is 0 Å². The van der Waals surface area contributed by atoms with Crippen molar-refractivity contribution in [3.05, 3.63) is 53.1 Å². The second-order valence-electron chi connectivity index (χ2n) is 9.12. The fourth-order valence-corrected chi connectivity index (χ4v) is 4.35. The van der Waals surface area contributed by atoms with Gasteiger partial charge >= 0.3 is 6.18 Å². The zero-order chi connectivity index (χ0) is 22.0. The highest BCUT2D eigenvalue weighted by Gasteiger charge is 2.34. The second-order valence-corrected chi connectivity index (χ2v) is 10.4. The number of hydrogen-bond donors (Lipinski definition) is 0. The number of ether oxygens (including phenoxy) is 2. The van der Waals surface area contributed by atoms with Crippen LogP contribution in [0.25, 0.3) is 0 Å². The number of hydrogen-bond acceptors (Lipinski definition) is 2. The summed E-state index contributed by atoms with van der Waals surface area (Å²) in [4.78, 5) is 0. The molecule has 0 aliphatic heterocycles. The Labute approximate surface area is 173 Å². The molecule has 1 atom stereocenters. The predicted molar refractivity (Wildman–Crippen MR) is 115 cm³/mol. The molecule has 1 unspecified atom stereocenters. The highest BCUT2D eigenvalue weighted by Crippen LogP contribution is 2.38. The number of halogens is 3. The topological polar surface area (TPSA) is 18.5 Å². The monoisotopic (exact) mass is 426 g/mol. The lowest BCUT2D eigenvalue weighted by molar-refractivity contribution is -0.136. The van der Waals surface area contributed by atoms with Gasteiger partial charge < -0.3 is 9.47 Å². The molecule has 29 heavy (non-hydrogen) atoms. The van der Waals surface area contributed by atoms with Gasteiger partial charge in [-0.3, -0.25) is 0 Å². The average molecular weight is 426 g/mol. The number of benzene rings is 2. The van der Waals surface area contributed by atoms with Gasteiger partial charge in [0, 0.05) is 18.0 Å². The quantitative estimate of drug-likeness (QED) is 0.437. The van der Waals surface area contributed by atoms with Crippen molar-refractivity contribution in [1.82, 2.24) is 0 Å². The van der Waals surface area contributed by atoms with Gasteiger partial charge in [-0.1, -0.05) is 74.4 Å². The van der Waals surface area contributed by atoms with E-state index in [1.165, 1.54) is 13.2 Å². The molecule has 2 nitrogen and oxygen atoms in total. The summed E-state index contributed by atoms with van der Waals surface area (Å²) in [6, 6.07) is 9.83. The van der Waals surface area contributed by atoms with E-state index >= 15 is 0 Å². The molecule has 0 heterocycles. The molecule has 0 aliphatic rings. The minimum Gasteiger partial charge on any atom is -0.467 e. The molecule has 0 amide bonds. The molecule has 0 saturated carbocycles. The van der Waals surface area contributed by atoms with Crippen molar-refractivity contribution in [3.8, 4) is 5.75 Å². The van der Waals surface area contributed by atoms with Gasteiger partial charge in [-0.05, 0) is 33.8 Å². The van der Waals surface area contributed by atoms with Crippen LogP contribution in [-0.4, -0.2) is 13.9 Å². The van der Waals surface area contributed by atoms with Crippen molar-refractivity contribution >= 4 is 19.2 Å². The number of alkyl halides is 3. The maximum absolute atomic E-state index is 13.5. The summed E-state index contributed by atoms with van der Waals surface area (Å²) in [5.41, 5.74) is 1.04. The van der Waals surface area contributed by atoms with Gasteiger partial charge in [0.15, 0.2) is 6.79 Å². The summed E-state index contributed by atoms with van der Waals surface area (Å²) in [6.45, 7) is 12.6. The van der Waals surface area contributed by atoms with E-state index in [1.54, 1.807) is 12.1 Å². The van der Waals surface area contributed by atoms with Crippen molar-refractivity contribution in [2.45, 2.75) is 58.5 Å². The average Bonchev–Trinajstić information content (AvgIpc) is 2.58. The third-order valence-electron chi connectivity index (χ3n) is 4.59. The molecular formula is C23H30F3O2P. The van der Waals surface area contributed by atoms with Gasteiger partial charge in [0.1, 0.15) is 5.75 Å². The maximum atomic E-state index is 13.5. The highest BCUT2D eigenvalue weighted by molar-refractivity contribution is 7.55. The first-order valence-electron chi connectivity index (χ1n) is 9.49. The Hall–Kier alpha value is -1.58. The normalized spacial score (nSPS) is 13.3. The Morgan fingerprint density at radius 1 is 0.828 bits per heavy atom. The predicted octanol–water partition coefficient (Wildman–Crippen LogP) is 5.91. The Balaban J connectivity index is 2.72. The Morgan fingerprint density at radius 2 is 1.45 bits per heavy atom. The molecular weight excluding hydrogens is 396 g/mol. The first-order chi connectivity index (χ1) is 13.2. The minimum absolute atomic E-state index is 0.0380. The van der Waals surface area contributed by atoms with Gasteiger partial charge in [0.05, 0.1) is 5.56 Å². The fraction of sp³-hybridized carbons (Fsp3) is 0.478. The van der Waals surface area contributed by atoms with E-state index in [9.17, 15) is 13.2 Å². The van der Waals surface area contributed by atoms with E-state index < -0.39 is 11.7 Å². The summed E-state index contributed by atoms with van der Waals surface area (Å²) in [5.74, 6) is 0.614. The minimum atomic E-state index is -4.40. The molecule has 0 aromatic heterocycles. The van der Waals surface area contributed by atoms with Gasteiger partial charge in [-0.2, -0.15) is 13.2 Å². The summed E-state index contributed by atoms with van der Waals surface area (Å²) in [7, 11) is 1.34. The second kappa shape index (κ2) is 8.65. The van der Waals surface area contributed by atoms with E-state index in [0.29, 0.717) is 5.75 Å². The summed E-state index contributed by atoms with van der Waals surface area (Å²) >= 11 is 0. The number of rotatable bonds is 5. The van der Waals surface area contributed by atoms with Crippen LogP contribution in [0.5, 0.6) is 5.75 Å². The van der Waals surface area contributed by atoms with Gasteiger partial charge in [-0.15, -0.1) is 0 Å². The lowest BCUT2D eigenvalue weighted by Crippen LogP contribution is -2.24. The van der Waals surface area contributed by atoms with Crippen LogP contribution in [-0.2, 0) is 21.7 Å². The Bertz CT molecular complexity index is 847. The van der Waals surface area contributed by atoms with Crippen LogP contribution in [0, 0.1) is 0 Å². The number of methoxy groups -OCH3 is 1. The van der Waals surface area contributed by atoms with Crippen LogP contribution < -0.4 is 15.3 Å². The third-order valence-corrected chi connectivity index (χ3v) is 5.93. The molecule has 0 bridgehead atoms. The molecule has 0 fully saturated rings. The Morgan fingerprint density at radius 3 is 1.97 bits per heavy atom. The molecule has 0 spiro atoms. The van der Waals surface area contributed by atoms with Gasteiger partial charge in [-0.25, -0.2) is 0 Å². The molecule has 0 saturated heterocycles. The van der Waals surface area contributed by atoms with Crippen LogP contribution in [0.1, 0.15) is 58.2 Å². The van der Waals surface area contributed by atoms with Crippen molar-refractivity contribution in [3.63, 3.8) is 0 Å². The lowest BCUT2D eigenvalue weighted by atomic mass is 9.80. The fourth-order valence-electron chi connectivity index (χ4n) is 2.97. The zero-order valence-corrected chi connectivity index (χ0v) is 19.1. The smallest absolute Gasteiger partial charge is 0.417 e. The molecule has 6 heteroatoms. The summed E-state index contributed by atoms with van der Waals surface area (Å²) in [6.07, 6.45) is -4.40. The maximum Gasteiger partial charge on any atom is 0.417 e. The summed E-state index contributed by atoms with van der Waals surface area (Å²) < 4.78 is 51.6. The van der Waals surface area contributed by atoms with Gasteiger partial charge in [0.25, 0.3) is 0 Å². The van der Waals surface area contributed by atoms with Crippen molar-refractivity contribution < 1.29 is 22.6 Å². The van der Waals surface area contributed by atoms with Crippen LogP contribution in [0.3, 0.4) is 0 Å². The standard InChI is InChI=1S/C23H30F3O2P/c1-21(2,3)15-12-17(22(4,5)6)20(28-14-27-7)19(13-15)29-18-11-9-8-10-16(18)23(24,25)26/h8-13,29H,14H2,1-7H3. The molecule has 0 N–H and O–H groups in total. The van der Waals surface area contributed by atoms with Crippen LogP contribution in [0.15, 0.2) is 36.4 Å². The van der Waals surface area contributed by atoms with Crippen molar-refractivity contribution in [1.29, 1.82) is 0 Å². The van der Waals surface area contributed by atoms with E-state index in [4.69, 9.17) is 9.47 Å². The molecule has 2 aromatic rings. The SMILES string of the molecule is COCOc1c(Pc2ccccc2C(F)(F)F)cc(C(C)(C)C)cc1C(C)(C)C. The van der Waals surface area contributed by atoms with E-state index in [1.807, 2.05) is 6.07 Å². The van der Waals surface area contributed by atoms with E-state index in [0.717, 1.165) is 22.5 Å². The van der Waals surface area contributed by atoms with E-state index in [-0.39, 0.29) is 31.5 Å². The van der Waals surface area contributed by atoms with E-state index in [2.05, 4.69) is 47.6 Å². The Kier molecular flexibility index (Phi) is 7.07. The zero-order valence-electron chi connectivity index (χ0n) is 18.1. The molecule has 0 aliphatic carbocycles. The van der Waals surface area contributed by atoms with Crippen molar-refractivity contribution in [2.24, 2.45) is 0 Å². The molecule has 0 radical (unpaired) electrons. The molecule has 160 valence electrons. The van der Waals surface area contributed by atoms with Crippen molar-refractivity contribution in [2.75, 3.05) is 13.9 Å². The highest BCUT2D eigenvalue weighted by atomic mass is 31.1. The first kappa shape index (κ1) is 23.7. The largest absolute Gasteiger partial charge is 0.467 e. The molecule has 2 rings (SSSR count). The lowest BCUT2D eigenvalue weighted by Gasteiger charge is -2.29. The van der Waals surface area contributed by atoms with Crippen LogP contribution in [0.2, 0.25) is 0 Å². The first-order valence-corrected chi connectivity index (χ1v) is 10.5. The third kappa shape index (κ3) is 5.96. The van der Waals surface area contributed by atoms with Crippen LogP contribution >= 0.6 is 8.58 Å². The molecule has 2 aromatic carbocycles.